The molecule has 0 spiro atoms. The van der Waals surface area contributed by atoms with Gasteiger partial charge < -0.3 is 4.90 Å². The van der Waals surface area contributed by atoms with Gasteiger partial charge in [0.15, 0.2) is 0 Å². The van der Waals surface area contributed by atoms with Gasteiger partial charge in [-0.15, -0.1) is 11.3 Å². The summed E-state index contributed by atoms with van der Waals surface area (Å²) in [5.41, 5.74) is 2.15. The van der Waals surface area contributed by atoms with Crippen molar-refractivity contribution in [3.63, 3.8) is 0 Å². The van der Waals surface area contributed by atoms with Crippen LogP contribution in [0.15, 0.2) is 58.8 Å². The van der Waals surface area contributed by atoms with E-state index in [2.05, 4.69) is 18.8 Å². The number of carbonyl (C=O) groups is 1. The van der Waals surface area contributed by atoms with Crippen LogP contribution in [0.5, 0.6) is 0 Å². The van der Waals surface area contributed by atoms with Gasteiger partial charge in [-0.1, -0.05) is 26.0 Å². The van der Waals surface area contributed by atoms with E-state index in [1.165, 1.54) is 27.8 Å². The fourth-order valence-corrected chi connectivity index (χ4v) is 5.79. The van der Waals surface area contributed by atoms with Crippen LogP contribution in [0.4, 0.5) is 4.39 Å². The lowest BCUT2D eigenvalue weighted by Gasteiger charge is -2.33. The Morgan fingerprint density at radius 1 is 1.00 bits per heavy atom. The number of aromatic nitrogens is 1. The molecule has 0 aliphatic carbocycles. The van der Waals surface area contributed by atoms with Crippen molar-refractivity contribution in [2.45, 2.75) is 24.7 Å². The van der Waals surface area contributed by atoms with Crippen molar-refractivity contribution in [1.82, 2.24) is 14.2 Å². The van der Waals surface area contributed by atoms with Crippen LogP contribution in [0.2, 0.25) is 0 Å². The molecule has 0 N–H and O–H groups in total. The van der Waals surface area contributed by atoms with Gasteiger partial charge in [0.25, 0.3) is 5.91 Å². The number of hydrogen-bond donors (Lipinski definition) is 0. The average Bonchev–Trinajstić information content (AvgIpc) is 3.29. The van der Waals surface area contributed by atoms with Crippen LogP contribution in [0.25, 0.3) is 10.6 Å². The first kappa shape index (κ1) is 22.6. The molecule has 0 radical (unpaired) electrons. The SMILES string of the molecule is CC(C)c1ccc(S(=O)(=O)N2CCN(C(=O)c3csc(-c4ccc(F)cc4)n3)CC2)cc1. The molecule has 1 fully saturated rings. The summed E-state index contributed by atoms with van der Waals surface area (Å²) in [7, 11) is -3.60. The fourth-order valence-electron chi connectivity index (χ4n) is 3.56. The van der Waals surface area contributed by atoms with Crippen LogP contribution >= 0.6 is 11.3 Å². The molecule has 3 aromatic rings. The number of nitrogens with zero attached hydrogens (tertiary/aromatic N) is 3. The number of sulfonamides is 1. The topological polar surface area (TPSA) is 70.6 Å². The van der Waals surface area contributed by atoms with E-state index in [1.807, 2.05) is 12.1 Å². The maximum Gasteiger partial charge on any atom is 0.273 e. The Bertz CT molecular complexity index is 1200. The van der Waals surface area contributed by atoms with Gasteiger partial charge in [-0.25, -0.2) is 17.8 Å². The van der Waals surface area contributed by atoms with Crippen molar-refractivity contribution in [3.05, 3.63) is 71.0 Å². The van der Waals surface area contributed by atoms with Gasteiger partial charge in [0.1, 0.15) is 16.5 Å². The number of halogens is 1. The van der Waals surface area contributed by atoms with Gasteiger partial charge in [-0.2, -0.15) is 4.31 Å². The van der Waals surface area contributed by atoms with Crippen molar-refractivity contribution in [2.75, 3.05) is 26.2 Å². The third kappa shape index (κ3) is 4.60. The quantitative estimate of drug-likeness (QED) is 0.556. The van der Waals surface area contributed by atoms with Gasteiger partial charge in [0.2, 0.25) is 10.0 Å². The molecule has 1 aromatic heterocycles. The third-order valence-corrected chi connectivity index (χ3v) is 8.33. The van der Waals surface area contributed by atoms with Crippen molar-refractivity contribution in [1.29, 1.82) is 0 Å². The fraction of sp³-hybridized carbons (Fsp3) is 0.304. The van der Waals surface area contributed by atoms with E-state index in [4.69, 9.17) is 0 Å². The minimum atomic E-state index is -3.60. The standard InChI is InChI=1S/C23H24FN3O3S2/c1-16(2)17-5-9-20(10-6-17)32(29,30)27-13-11-26(12-14-27)23(28)21-15-31-22(25-21)18-3-7-19(24)8-4-18/h3-10,15-16H,11-14H2,1-2H3. The van der Waals surface area contributed by atoms with Crippen molar-refractivity contribution < 1.29 is 17.6 Å². The molecule has 1 aliphatic heterocycles. The van der Waals surface area contributed by atoms with E-state index in [1.54, 1.807) is 34.5 Å². The minimum absolute atomic E-state index is 0.229. The average molecular weight is 474 g/mol. The Kier molecular flexibility index (Phi) is 6.41. The molecule has 0 unspecified atom stereocenters. The van der Waals surface area contributed by atoms with E-state index in [0.717, 1.165) is 11.1 Å². The summed E-state index contributed by atoms with van der Waals surface area (Å²) < 4.78 is 40.5. The van der Waals surface area contributed by atoms with Crippen LogP contribution in [0.1, 0.15) is 35.8 Å². The maximum atomic E-state index is 13.1. The van der Waals surface area contributed by atoms with Crippen LogP contribution < -0.4 is 0 Å². The first-order valence-electron chi connectivity index (χ1n) is 10.4. The summed E-state index contributed by atoms with van der Waals surface area (Å²) in [6, 6.07) is 12.9. The zero-order valence-corrected chi connectivity index (χ0v) is 19.5. The molecule has 9 heteroatoms. The molecule has 32 heavy (non-hydrogen) atoms. The highest BCUT2D eigenvalue weighted by molar-refractivity contribution is 7.89. The minimum Gasteiger partial charge on any atom is -0.335 e. The van der Waals surface area contributed by atoms with Gasteiger partial charge in [0, 0.05) is 37.1 Å². The summed E-state index contributed by atoms with van der Waals surface area (Å²) in [6.45, 7) is 5.18. The van der Waals surface area contributed by atoms with Crippen LogP contribution in [-0.2, 0) is 10.0 Å². The van der Waals surface area contributed by atoms with Gasteiger partial charge in [-0.3, -0.25) is 4.79 Å². The molecule has 0 bridgehead atoms. The summed E-state index contributed by atoms with van der Waals surface area (Å²) >= 11 is 1.32. The number of piperazine rings is 1. The molecule has 2 heterocycles. The highest BCUT2D eigenvalue weighted by Crippen LogP contribution is 2.25. The number of amides is 1. The maximum absolute atomic E-state index is 13.1. The normalized spacial score (nSPS) is 15.3. The first-order valence-corrected chi connectivity index (χ1v) is 12.7. The monoisotopic (exact) mass is 473 g/mol. The number of rotatable bonds is 5. The highest BCUT2D eigenvalue weighted by atomic mass is 32.2. The Morgan fingerprint density at radius 3 is 2.22 bits per heavy atom. The molecular formula is C23H24FN3O3S2. The molecule has 1 amide bonds. The Labute approximate surface area is 191 Å². The number of benzene rings is 2. The molecule has 168 valence electrons. The van der Waals surface area contributed by atoms with Crippen LogP contribution in [-0.4, -0.2) is 54.7 Å². The number of carbonyl (C=O) groups excluding carboxylic acids is 1. The van der Waals surface area contributed by atoms with E-state index < -0.39 is 10.0 Å². The summed E-state index contributed by atoms with van der Waals surface area (Å²) in [5, 5.41) is 2.32. The molecule has 0 atom stereocenters. The second-order valence-corrected chi connectivity index (χ2v) is 10.8. The Hall–Kier alpha value is -2.62. The van der Waals surface area contributed by atoms with Gasteiger partial charge >= 0.3 is 0 Å². The summed E-state index contributed by atoms with van der Waals surface area (Å²) in [4.78, 5) is 19.2. The van der Waals surface area contributed by atoms with E-state index in [-0.39, 0.29) is 29.7 Å². The predicted molar refractivity (Wildman–Crippen MR) is 123 cm³/mol. The molecule has 1 saturated heterocycles. The Morgan fingerprint density at radius 2 is 1.62 bits per heavy atom. The number of thiazole rings is 1. The lowest BCUT2D eigenvalue weighted by atomic mass is 10.0. The van der Waals surface area contributed by atoms with Crippen molar-refractivity contribution in [3.8, 4) is 10.6 Å². The molecule has 4 rings (SSSR count). The zero-order valence-electron chi connectivity index (χ0n) is 17.9. The van der Waals surface area contributed by atoms with Crippen molar-refractivity contribution >= 4 is 27.3 Å². The summed E-state index contributed by atoms with van der Waals surface area (Å²) in [5.74, 6) is -0.228. The van der Waals surface area contributed by atoms with E-state index in [9.17, 15) is 17.6 Å². The smallest absolute Gasteiger partial charge is 0.273 e. The second kappa shape index (κ2) is 9.09. The Balaban J connectivity index is 1.41. The second-order valence-electron chi connectivity index (χ2n) is 7.96. The highest BCUT2D eigenvalue weighted by Gasteiger charge is 2.31. The molecule has 6 nitrogen and oxygen atoms in total. The predicted octanol–water partition coefficient (Wildman–Crippen LogP) is 4.22. The first-order chi connectivity index (χ1) is 15.3. The molecule has 1 aliphatic rings. The van der Waals surface area contributed by atoms with Crippen molar-refractivity contribution in [2.24, 2.45) is 0 Å². The molecule has 0 saturated carbocycles. The lowest BCUT2D eigenvalue weighted by molar-refractivity contribution is 0.0693. The molecular weight excluding hydrogens is 449 g/mol. The van der Waals surface area contributed by atoms with Crippen LogP contribution in [0, 0.1) is 5.82 Å². The zero-order chi connectivity index (χ0) is 22.9. The largest absolute Gasteiger partial charge is 0.335 e. The number of hydrogen-bond acceptors (Lipinski definition) is 5. The summed E-state index contributed by atoms with van der Waals surface area (Å²) in [6.07, 6.45) is 0. The van der Waals surface area contributed by atoms with Gasteiger partial charge in [-0.05, 0) is 47.9 Å². The van der Waals surface area contributed by atoms with E-state index >= 15 is 0 Å². The lowest BCUT2D eigenvalue weighted by Crippen LogP contribution is -2.50. The van der Waals surface area contributed by atoms with Gasteiger partial charge in [0.05, 0.1) is 4.90 Å². The van der Waals surface area contributed by atoms with E-state index in [0.29, 0.717) is 29.7 Å². The molecule has 2 aromatic carbocycles. The van der Waals surface area contributed by atoms with Crippen LogP contribution in [0.3, 0.4) is 0 Å². The third-order valence-electron chi connectivity index (χ3n) is 5.52.